The van der Waals surface area contributed by atoms with E-state index < -0.39 is 11.4 Å². The molecule has 0 atom stereocenters. The lowest BCUT2D eigenvalue weighted by atomic mass is 9.76. The van der Waals surface area contributed by atoms with Crippen molar-refractivity contribution in [2.45, 2.75) is 44.9 Å². The summed E-state index contributed by atoms with van der Waals surface area (Å²) in [4.78, 5) is 11.6. The third-order valence-electron chi connectivity index (χ3n) is 3.64. The molecule has 0 aliphatic heterocycles. The Kier molecular flexibility index (Phi) is 3.64. The van der Waals surface area contributed by atoms with Crippen molar-refractivity contribution in [1.29, 1.82) is 0 Å². The summed E-state index contributed by atoms with van der Waals surface area (Å²) in [5.41, 5.74) is 0.701. The van der Waals surface area contributed by atoms with E-state index in [9.17, 15) is 9.90 Å². The highest BCUT2D eigenvalue weighted by Crippen LogP contribution is 2.38. The lowest BCUT2D eigenvalue weighted by Crippen LogP contribution is -2.32. The molecule has 1 aliphatic rings. The standard InChI is InChI=1S/C13H18O2S/c14-12(15)13(6-3-1-2-4-7-13)9-11-5-8-16-10-11/h5,8,10H,1-4,6-7,9H2,(H,14,15). The predicted molar refractivity (Wildman–Crippen MR) is 65.8 cm³/mol. The summed E-state index contributed by atoms with van der Waals surface area (Å²) >= 11 is 1.65. The maximum Gasteiger partial charge on any atom is 0.309 e. The average molecular weight is 238 g/mol. The van der Waals surface area contributed by atoms with Crippen LogP contribution >= 0.6 is 11.3 Å². The van der Waals surface area contributed by atoms with Crippen LogP contribution in [-0.4, -0.2) is 11.1 Å². The van der Waals surface area contributed by atoms with E-state index in [2.05, 4.69) is 11.4 Å². The number of rotatable bonds is 3. The molecule has 0 radical (unpaired) electrons. The number of hydrogen-bond donors (Lipinski definition) is 1. The first-order valence-corrected chi connectivity index (χ1v) is 6.92. The molecule has 0 bridgehead atoms. The van der Waals surface area contributed by atoms with Gasteiger partial charge in [-0.1, -0.05) is 25.7 Å². The minimum Gasteiger partial charge on any atom is -0.481 e. The van der Waals surface area contributed by atoms with Gasteiger partial charge >= 0.3 is 5.97 Å². The zero-order chi connectivity index (χ0) is 11.4. The molecule has 1 fully saturated rings. The molecule has 3 heteroatoms. The van der Waals surface area contributed by atoms with Gasteiger partial charge in [-0.2, -0.15) is 11.3 Å². The van der Waals surface area contributed by atoms with Crippen molar-refractivity contribution >= 4 is 17.3 Å². The van der Waals surface area contributed by atoms with Gasteiger partial charge in [-0.25, -0.2) is 0 Å². The molecule has 1 heterocycles. The molecule has 2 rings (SSSR count). The Morgan fingerprint density at radius 1 is 1.31 bits per heavy atom. The van der Waals surface area contributed by atoms with Crippen molar-refractivity contribution < 1.29 is 9.90 Å². The molecule has 0 saturated heterocycles. The van der Waals surface area contributed by atoms with Gasteiger partial charge < -0.3 is 5.11 Å². The maximum atomic E-state index is 11.6. The van der Waals surface area contributed by atoms with Gasteiger partial charge in [0.25, 0.3) is 0 Å². The van der Waals surface area contributed by atoms with Crippen LogP contribution < -0.4 is 0 Å². The van der Waals surface area contributed by atoms with E-state index >= 15 is 0 Å². The number of hydrogen-bond acceptors (Lipinski definition) is 2. The molecule has 1 aliphatic carbocycles. The van der Waals surface area contributed by atoms with Gasteiger partial charge in [0, 0.05) is 0 Å². The minimum absolute atomic E-state index is 0.489. The molecular weight excluding hydrogens is 220 g/mol. The second-order valence-electron chi connectivity index (χ2n) is 4.81. The van der Waals surface area contributed by atoms with Crippen molar-refractivity contribution in [2.75, 3.05) is 0 Å². The Labute approximate surface area is 100 Å². The quantitative estimate of drug-likeness (QED) is 0.815. The van der Waals surface area contributed by atoms with Gasteiger partial charge in [0.05, 0.1) is 5.41 Å². The summed E-state index contributed by atoms with van der Waals surface area (Å²) in [6.45, 7) is 0. The first-order valence-electron chi connectivity index (χ1n) is 5.97. The Balaban J connectivity index is 2.17. The SMILES string of the molecule is O=C(O)C1(Cc2ccsc2)CCCCCC1. The summed E-state index contributed by atoms with van der Waals surface area (Å²) < 4.78 is 0. The third kappa shape index (κ3) is 2.46. The van der Waals surface area contributed by atoms with E-state index in [1.165, 1.54) is 18.4 Å². The lowest BCUT2D eigenvalue weighted by Gasteiger charge is -2.27. The minimum atomic E-state index is -0.597. The fourth-order valence-electron chi connectivity index (χ4n) is 2.66. The number of aliphatic carboxylic acids is 1. The summed E-state index contributed by atoms with van der Waals surface area (Å²) in [6, 6.07) is 2.06. The molecular formula is C13H18O2S. The first-order chi connectivity index (χ1) is 7.73. The number of carbonyl (C=O) groups is 1. The summed E-state index contributed by atoms with van der Waals surface area (Å²) in [7, 11) is 0. The van der Waals surface area contributed by atoms with Gasteiger partial charge in [0.1, 0.15) is 0 Å². The predicted octanol–water partition coefficient (Wildman–Crippen LogP) is 3.72. The fraction of sp³-hybridized carbons (Fsp3) is 0.615. The van der Waals surface area contributed by atoms with Crippen LogP contribution in [0.1, 0.15) is 44.1 Å². The summed E-state index contributed by atoms with van der Waals surface area (Å²) in [5, 5.41) is 13.6. The normalized spacial score (nSPS) is 20.2. The van der Waals surface area contributed by atoms with Crippen molar-refractivity contribution in [1.82, 2.24) is 0 Å². The van der Waals surface area contributed by atoms with E-state index in [-0.39, 0.29) is 0 Å². The molecule has 0 unspecified atom stereocenters. The molecule has 1 N–H and O–H groups in total. The highest BCUT2D eigenvalue weighted by atomic mass is 32.1. The Hall–Kier alpha value is -0.830. The number of thiophene rings is 1. The topological polar surface area (TPSA) is 37.3 Å². The largest absolute Gasteiger partial charge is 0.481 e. The van der Waals surface area contributed by atoms with E-state index in [1.54, 1.807) is 11.3 Å². The highest BCUT2D eigenvalue weighted by molar-refractivity contribution is 7.07. The average Bonchev–Trinajstić information content (AvgIpc) is 2.62. The van der Waals surface area contributed by atoms with E-state index in [0.29, 0.717) is 6.42 Å². The maximum absolute atomic E-state index is 11.6. The van der Waals surface area contributed by atoms with Gasteiger partial charge in [-0.05, 0) is 41.7 Å². The molecule has 0 spiro atoms. The molecule has 16 heavy (non-hydrogen) atoms. The Morgan fingerprint density at radius 3 is 2.50 bits per heavy atom. The molecule has 2 nitrogen and oxygen atoms in total. The van der Waals surface area contributed by atoms with Crippen LogP contribution in [0.4, 0.5) is 0 Å². The van der Waals surface area contributed by atoms with Crippen LogP contribution in [0.25, 0.3) is 0 Å². The number of carboxylic acid groups (broad SMARTS) is 1. The van der Waals surface area contributed by atoms with Crippen molar-refractivity contribution in [3.63, 3.8) is 0 Å². The van der Waals surface area contributed by atoms with Gasteiger partial charge in [-0.3, -0.25) is 4.79 Å². The van der Waals surface area contributed by atoms with Crippen LogP contribution in [0.2, 0.25) is 0 Å². The van der Waals surface area contributed by atoms with Crippen molar-refractivity contribution in [3.05, 3.63) is 22.4 Å². The second-order valence-corrected chi connectivity index (χ2v) is 5.59. The van der Waals surface area contributed by atoms with Gasteiger partial charge in [0.2, 0.25) is 0 Å². The van der Waals surface area contributed by atoms with Crippen LogP contribution in [-0.2, 0) is 11.2 Å². The molecule has 0 amide bonds. The summed E-state index contributed by atoms with van der Waals surface area (Å²) in [6.07, 6.45) is 6.92. The van der Waals surface area contributed by atoms with Crippen LogP contribution in [0.5, 0.6) is 0 Å². The van der Waals surface area contributed by atoms with Crippen LogP contribution in [0.3, 0.4) is 0 Å². The Bertz CT molecular complexity index is 335. The van der Waals surface area contributed by atoms with Crippen molar-refractivity contribution in [3.8, 4) is 0 Å². The highest BCUT2D eigenvalue weighted by Gasteiger charge is 2.38. The molecule has 1 saturated carbocycles. The second kappa shape index (κ2) is 5.00. The van der Waals surface area contributed by atoms with E-state index in [4.69, 9.17) is 0 Å². The smallest absolute Gasteiger partial charge is 0.309 e. The molecule has 0 aromatic carbocycles. The zero-order valence-corrected chi connectivity index (χ0v) is 10.3. The first kappa shape index (κ1) is 11.6. The van der Waals surface area contributed by atoms with Crippen molar-refractivity contribution in [2.24, 2.45) is 5.41 Å². The molecule has 88 valence electrons. The monoisotopic (exact) mass is 238 g/mol. The van der Waals surface area contributed by atoms with Crippen LogP contribution in [0.15, 0.2) is 16.8 Å². The zero-order valence-electron chi connectivity index (χ0n) is 9.45. The third-order valence-corrected chi connectivity index (χ3v) is 4.37. The fourth-order valence-corrected chi connectivity index (χ4v) is 3.32. The van der Waals surface area contributed by atoms with Crippen LogP contribution in [0, 0.1) is 5.41 Å². The van der Waals surface area contributed by atoms with E-state index in [1.807, 2.05) is 5.38 Å². The number of carboxylic acids is 1. The Morgan fingerprint density at radius 2 is 2.00 bits per heavy atom. The molecule has 1 aromatic heterocycles. The lowest BCUT2D eigenvalue weighted by molar-refractivity contribution is -0.149. The van der Waals surface area contributed by atoms with Gasteiger partial charge in [0.15, 0.2) is 0 Å². The van der Waals surface area contributed by atoms with Gasteiger partial charge in [-0.15, -0.1) is 0 Å². The summed E-state index contributed by atoms with van der Waals surface area (Å²) in [5.74, 6) is -0.597. The molecule has 1 aromatic rings. The van der Waals surface area contributed by atoms with E-state index in [0.717, 1.165) is 25.7 Å².